The molecular formula is C17H24ClNO3S. The van der Waals surface area contributed by atoms with Crippen LogP contribution in [0.25, 0.3) is 0 Å². The van der Waals surface area contributed by atoms with Crippen molar-refractivity contribution in [2.24, 2.45) is 0 Å². The minimum Gasteiger partial charge on any atom is -0.379 e. The van der Waals surface area contributed by atoms with E-state index in [9.17, 15) is 4.79 Å². The van der Waals surface area contributed by atoms with Crippen molar-refractivity contribution in [3.63, 3.8) is 0 Å². The first-order valence-corrected chi connectivity index (χ1v) is 9.55. The van der Waals surface area contributed by atoms with Crippen molar-refractivity contribution >= 4 is 29.3 Å². The first-order chi connectivity index (χ1) is 11.2. The average Bonchev–Trinajstić information content (AvgIpc) is 3.04. The molecule has 1 N–H and O–H groups in total. The molecule has 1 saturated heterocycles. The van der Waals surface area contributed by atoms with Gasteiger partial charge in [-0.15, -0.1) is 11.8 Å². The molecule has 6 heteroatoms. The van der Waals surface area contributed by atoms with Gasteiger partial charge in [-0.3, -0.25) is 4.79 Å². The fraction of sp³-hybridized carbons (Fsp3) is 0.588. The smallest absolute Gasteiger partial charge is 0.230 e. The summed E-state index contributed by atoms with van der Waals surface area (Å²) in [5.74, 6) is 1.32. The molecule has 0 bridgehead atoms. The SMILES string of the molecule is O=C(CSCc1cccc(Cl)c1)NCCCOCC1CCCO1. The summed E-state index contributed by atoms with van der Waals surface area (Å²) in [6.07, 6.45) is 3.34. The number of carbonyl (C=O) groups excluding carboxylic acids is 1. The summed E-state index contributed by atoms with van der Waals surface area (Å²) in [7, 11) is 0. The summed E-state index contributed by atoms with van der Waals surface area (Å²) in [4.78, 5) is 11.7. The number of hydrogen-bond donors (Lipinski definition) is 1. The van der Waals surface area contributed by atoms with E-state index in [0.717, 1.165) is 42.2 Å². The Labute approximate surface area is 147 Å². The van der Waals surface area contributed by atoms with Crippen molar-refractivity contribution in [3.8, 4) is 0 Å². The van der Waals surface area contributed by atoms with Crippen LogP contribution in [0.1, 0.15) is 24.8 Å². The van der Waals surface area contributed by atoms with Crippen LogP contribution in [-0.2, 0) is 20.0 Å². The topological polar surface area (TPSA) is 47.6 Å². The molecule has 2 rings (SSSR count). The largest absolute Gasteiger partial charge is 0.379 e. The molecule has 0 radical (unpaired) electrons. The molecule has 1 atom stereocenters. The van der Waals surface area contributed by atoms with Crippen molar-refractivity contribution in [2.45, 2.75) is 31.1 Å². The molecule has 23 heavy (non-hydrogen) atoms. The zero-order chi connectivity index (χ0) is 16.3. The highest BCUT2D eigenvalue weighted by Crippen LogP contribution is 2.16. The predicted octanol–water partition coefficient (Wildman–Crippen LogP) is 3.28. The molecule has 1 aliphatic heterocycles. The van der Waals surface area contributed by atoms with Gasteiger partial charge in [0.1, 0.15) is 0 Å². The normalized spacial score (nSPS) is 17.3. The molecule has 4 nitrogen and oxygen atoms in total. The fourth-order valence-corrected chi connectivity index (χ4v) is 3.35. The van der Waals surface area contributed by atoms with E-state index >= 15 is 0 Å². The summed E-state index contributed by atoms with van der Waals surface area (Å²) in [5, 5.41) is 3.64. The minimum absolute atomic E-state index is 0.0659. The predicted molar refractivity (Wildman–Crippen MR) is 95.0 cm³/mol. The van der Waals surface area contributed by atoms with Crippen LogP contribution in [-0.4, -0.2) is 44.1 Å². The van der Waals surface area contributed by atoms with E-state index in [2.05, 4.69) is 5.32 Å². The monoisotopic (exact) mass is 357 g/mol. The van der Waals surface area contributed by atoms with Gasteiger partial charge in [0, 0.05) is 30.5 Å². The van der Waals surface area contributed by atoms with Crippen molar-refractivity contribution in [1.82, 2.24) is 5.32 Å². The van der Waals surface area contributed by atoms with E-state index in [-0.39, 0.29) is 12.0 Å². The summed E-state index contributed by atoms with van der Waals surface area (Å²) in [5.41, 5.74) is 1.14. The van der Waals surface area contributed by atoms with Crippen LogP contribution in [0.5, 0.6) is 0 Å². The Morgan fingerprint density at radius 2 is 2.39 bits per heavy atom. The molecule has 0 spiro atoms. The van der Waals surface area contributed by atoms with Crippen LogP contribution in [0.3, 0.4) is 0 Å². The Morgan fingerprint density at radius 1 is 1.48 bits per heavy atom. The van der Waals surface area contributed by atoms with Gasteiger partial charge < -0.3 is 14.8 Å². The lowest BCUT2D eigenvalue weighted by Crippen LogP contribution is -2.27. The third-order valence-electron chi connectivity index (χ3n) is 3.51. The van der Waals surface area contributed by atoms with E-state index in [1.807, 2.05) is 24.3 Å². The lowest BCUT2D eigenvalue weighted by Gasteiger charge is -2.10. The molecule has 0 aromatic heterocycles. The molecule has 0 aliphatic carbocycles. The van der Waals surface area contributed by atoms with E-state index < -0.39 is 0 Å². The number of ether oxygens (including phenoxy) is 2. The highest BCUT2D eigenvalue weighted by Gasteiger charge is 2.14. The third kappa shape index (κ3) is 8.06. The van der Waals surface area contributed by atoms with Crippen molar-refractivity contribution < 1.29 is 14.3 Å². The number of nitrogens with one attached hydrogen (secondary N) is 1. The molecule has 1 aliphatic rings. The van der Waals surface area contributed by atoms with Crippen molar-refractivity contribution in [2.75, 3.05) is 32.1 Å². The number of halogens is 1. The first-order valence-electron chi connectivity index (χ1n) is 8.02. The quantitative estimate of drug-likeness (QED) is 0.653. The maximum absolute atomic E-state index is 11.7. The summed E-state index contributed by atoms with van der Waals surface area (Å²) in [6.45, 7) is 2.85. The van der Waals surface area contributed by atoms with Crippen LogP contribution in [0.15, 0.2) is 24.3 Å². The van der Waals surface area contributed by atoms with E-state index in [1.165, 1.54) is 0 Å². The highest BCUT2D eigenvalue weighted by molar-refractivity contribution is 7.99. The molecule has 1 fully saturated rings. The van der Waals surface area contributed by atoms with Gasteiger partial charge in [0.2, 0.25) is 5.91 Å². The van der Waals surface area contributed by atoms with Crippen LogP contribution < -0.4 is 5.32 Å². The van der Waals surface area contributed by atoms with Gasteiger partial charge in [-0.25, -0.2) is 0 Å². The zero-order valence-electron chi connectivity index (χ0n) is 13.3. The summed E-state index contributed by atoms with van der Waals surface area (Å²) >= 11 is 7.52. The molecule has 0 saturated carbocycles. The molecule has 1 amide bonds. The number of benzene rings is 1. The first kappa shape index (κ1) is 18.6. The molecule has 1 unspecified atom stereocenters. The van der Waals surface area contributed by atoms with Gasteiger partial charge in [-0.05, 0) is 37.0 Å². The van der Waals surface area contributed by atoms with Crippen molar-refractivity contribution in [3.05, 3.63) is 34.9 Å². The van der Waals surface area contributed by atoms with E-state index in [1.54, 1.807) is 11.8 Å². The van der Waals surface area contributed by atoms with Crippen LogP contribution in [0.2, 0.25) is 5.02 Å². The van der Waals surface area contributed by atoms with Gasteiger partial charge in [0.05, 0.1) is 18.5 Å². The number of rotatable bonds is 10. The van der Waals surface area contributed by atoms with E-state index in [4.69, 9.17) is 21.1 Å². The van der Waals surface area contributed by atoms with Gasteiger partial charge >= 0.3 is 0 Å². The molecule has 1 aromatic rings. The Balaban J connectivity index is 1.43. The fourth-order valence-electron chi connectivity index (χ4n) is 2.33. The maximum atomic E-state index is 11.7. The van der Waals surface area contributed by atoms with Crippen LogP contribution in [0, 0.1) is 0 Å². The summed E-state index contributed by atoms with van der Waals surface area (Å²) in [6, 6.07) is 7.72. The second-order valence-corrected chi connectivity index (χ2v) is 6.96. The number of carbonyl (C=O) groups is 1. The molecular weight excluding hydrogens is 334 g/mol. The number of hydrogen-bond acceptors (Lipinski definition) is 4. The molecule has 1 aromatic carbocycles. The maximum Gasteiger partial charge on any atom is 0.230 e. The van der Waals surface area contributed by atoms with Crippen LogP contribution >= 0.6 is 23.4 Å². The Kier molecular flexibility index (Phi) is 8.82. The average molecular weight is 358 g/mol. The standard InChI is InChI=1S/C17H24ClNO3S/c18-15-5-1-4-14(10-15)12-23-13-17(20)19-7-3-8-21-11-16-6-2-9-22-16/h1,4-5,10,16H,2-3,6-9,11-13H2,(H,19,20). The second kappa shape index (κ2) is 10.9. The number of amides is 1. The van der Waals surface area contributed by atoms with Gasteiger partial charge in [0.25, 0.3) is 0 Å². The zero-order valence-corrected chi connectivity index (χ0v) is 14.8. The van der Waals surface area contributed by atoms with Gasteiger partial charge in [0.15, 0.2) is 0 Å². The Hall–Kier alpha value is -0.750. The lowest BCUT2D eigenvalue weighted by atomic mass is 10.2. The summed E-state index contributed by atoms with van der Waals surface area (Å²) < 4.78 is 11.0. The Morgan fingerprint density at radius 3 is 3.17 bits per heavy atom. The second-order valence-electron chi connectivity index (χ2n) is 5.54. The minimum atomic E-state index is 0.0659. The van der Waals surface area contributed by atoms with Gasteiger partial charge in [-0.2, -0.15) is 0 Å². The van der Waals surface area contributed by atoms with Crippen LogP contribution in [0.4, 0.5) is 0 Å². The Bertz CT molecular complexity index is 481. The van der Waals surface area contributed by atoms with Gasteiger partial charge in [-0.1, -0.05) is 23.7 Å². The number of thioether (sulfide) groups is 1. The molecule has 128 valence electrons. The van der Waals surface area contributed by atoms with E-state index in [0.29, 0.717) is 25.5 Å². The lowest BCUT2D eigenvalue weighted by molar-refractivity contribution is -0.118. The molecule has 1 heterocycles. The van der Waals surface area contributed by atoms with Crippen molar-refractivity contribution in [1.29, 1.82) is 0 Å². The third-order valence-corrected chi connectivity index (χ3v) is 4.75. The highest BCUT2D eigenvalue weighted by atomic mass is 35.5.